The lowest BCUT2D eigenvalue weighted by molar-refractivity contribution is 0.0950. The fraction of sp³-hybridized carbons (Fsp3) is 0.375. The van der Waals surface area contributed by atoms with Crippen LogP contribution in [0, 0.1) is 6.92 Å². The van der Waals surface area contributed by atoms with Crippen LogP contribution in [0.1, 0.15) is 44.5 Å². The molecule has 0 spiro atoms. The Balaban J connectivity index is 1.48. The summed E-state index contributed by atoms with van der Waals surface area (Å²) >= 11 is 1.72. The van der Waals surface area contributed by atoms with Gasteiger partial charge in [-0.05, 0) is 38.7 Å². The van der Waals surface area contributed by atoms with E-state index in [4.69, 9.17) is 0 Å². The monoisotopic (exact) mass is 327 g/mol. The number of nitrogens with zero attached hydrogens (tertiary/aromatic N) is 3. The summed E-state index contributed by atoms with van der Waals surface area (Å²) in [6.45, 7) is 2.39. The molecule has 1 aliphatic carbocycles. The largest absolute Gasteiger partial charge is 0.345 e. The lowest BCUT2D eigenvalue weighted by Gasteiger charge is -2.06. The molecule has 0 saturated carbocycles. The molecule has 3 heterocycles. The predicted molar refractivity (Wildman–Crippen MR) is 88.6 cm³/mol. The number of amides is 1. The van der Waals surface area contributed by atoms with E-state index in [0.29, 0.717) is 17.8 Å². The van der Waals surface area contributed by atoms with Crippen molar-refractivity contribution >= 4 is 28.3 Å². The maximum atomic E-state index is 12.3. The number of pyridine rings is 1. The van der Waals surface area contributed by atoms with Gasteiger partial charge in [-0.3, -0.25) is 9.89 Å². The maximum absolute atomic E-state index is 12.3. The molecule has 3 aromatic heterocycles. The zero-order chi connectivity index (χ0) is 15.8. The molecule has 23 heavy (non-hydrogen) atoms. The minimum absolute atomic E-state index is 0.131. The van der Waals surface area contributed by atoms with Crippen LogP contribution in [-0.2, 0) is 19.4 Å². The Hall–Kier alpha value is -2.28. The summed E-state index contributed by atoms with van der Waals surface area (Å²) in [6.07, 6.45) is 6.22. The Kier molecular flexibility index (Phi) is 3.57. The zero-order valence-corrected chi connectivity index (χ0v) is 13.7. The first-order chi connectivity index (χ1) is 11.2. The van der Waals surface area contributed by atoms with Crippen LogP contribution in [0.5, 0.6) is 0 Å². The van der Waals surface area contributed by atoms with Crippen molar-refractivity contribution in [3.05, 3.63) is 39.1 Å². The quantitative estimate of drug-likeness (QED) is 0.774. The fourth-order valence-electron chi connectivity index (χ4n) is 2.88. The van der Waals surface area contributed by atoms with E-state index in [9.17, 15) is 4.79 Å². The highest BCUT2D eigenvalue weighted by atomic mass is 32.1. The molecule has 0 aromatic carbocycles. The van der Waals surface area contributed by atoms with Crippen molar-refractivity contribution in [3.63, 3.8) is 0 Å². The van der Waals surface area contributed by atoms with Crippen molar-refractivity contribution in [2.45, 2.75) is 39.2 Å². The summed E-state index contributed by atoms with van der Waals surface area (Å²) in [5, 5.41) is 11.8. The van der Waals surface area contributed by atoms with Gasteiger partial charge in [-0.15, -0.1) is 11.3 Å². The summed E-state index contributed by atoms with van der Waals surface area (Å²) in [5.74, 6) is -0.131. The number of H-pyrrole nitrogens is 1. The van der Waals surface area contributed by atoms with Crippen LogP contribution in [0.2, 0.25) is 0 Å². The smallest absolute Gasteiger partial charge is 0.253 e. The highest BCUT2D eigenvalue weighted by Crippen LogP contribution is 2.26. The van der Waals surface area contributed by atoms with Crippen LogP contribution in [0.25, 0.3) is 11.0 Å². The lowest BCUT2D eigenvalue weighted by atomic mass is 10.0. The van der Waals surface area contributed by atoms with E-state index >= 15 is 0 Å². The molecule has 0 fully saturated rings. The van der Waals surface area contributed by atoms with Crippen LogP contribution >= 0.6 is 11.3 Å². The second-order valence-electron chi connectivity index (χ2n) is 5.81. The van der Waals surface area contributed by atoms with Crippen LogP contribution < -0.4 is 5.32 Å². The summed E-state index contributed by atoms with van der Waals surface area (Å²) in [6, 6.07) is 1.82. The third kappa shape index (κ3) is 2.72. The Labute approximate surface area is 137 Å². The highest BCUT2D eigenvalue weighted by Gasteiger charge is 2.16. The van der Waals surface area contributed by atoms with Crippen molar-refractivity contribution < 1.29 is 4.79 Å². The second-order valence-corrected chi connectivity index (χ2v) is 6.98. The van der Waals surface area contributed by atoms with Crippen LogP contribution in [0.15, 0.2) is 12.3 Å². The van der Waals surface area contributed by atoms with Gasteiger partial charge in [0.15, 0.2) is 5.65 Å². The molecule has 6 nitrogen and oxygen atoms in total. The van der Waals surface area contributed by atoms with Gasteiger partial charge in [0.25, 0.3) is 5.91 Å². The zero-order valence-electron chi connectivity index (χ0n) is 12.8. The predicted octanol–water partition coefficient (Wildman–Crippen LogP) is 2.53. The van der Waals surface area contributed by atoms with E-state index in [-0.39, 0.29) is 5.91 Å². The number of nitrogens with one attached hydrogen (secondary N) is 2. The normalized spacial score (nSPS) is 14.0. The minimum Gasteiger partial charge on any atom is -0.345 e. The average molecular weight is 327 g/mol. The van der Waals surface area contributed by atoms with Crippen molar-refractivity contribution in [1.82, 2.24) is 25.5 Å². The van der Waals surface area contributed by atoms with Gasteiger partial charge in [-0.2, -0.15) is 5.10 Å². The van der Waals surface area contributed by atoms with E-state index in [2.05, 4.69) is 25.5 Å². The van der Waals surface area contributed by atoms with Gasteiger partial charge in [0.2, 0.25) is 0 Å². The van der Waals surface area contributed by atoms with Crippen molar-refractivity contribution in [1.29, 1.82) is 0 Å². The average Bonchev–Trinajstić information content (AvgIpc) is 3.16. The van der Waals surface area contributed by atoms with Gasteiger partial charge in [-0.1, -0.05) is 0 Å². The Morgan fingerprint density at radius 2 is 2.26 bits per heavy atom. The lowest BCUT2D eigenvalue weighted by Crippen LogP contribution is -2.22. The molecule has 118 valence electrons. The summed E-state index contributed by atoms with van der Waals surface area (Å²) in [5.41, 5.74) is 3.31. The van der Waals surface area contributed by atoms with Gasteiger partial charge in [-0.25, -0.2) is 9.97 Å². The first-order valence-corrected chi connectivity index (χ1v) is 8.59. The number of aromatic nitrogens is 4. The summed E-state index contributed by atoms with van der Waals surface area (Å²) in [7, 11) is 0. The minimum atomic E-state index is -0.131. The number of carbonyl (C=O) groups is 1. The SMILES string of the molecule is Cc1[nH]nc2ncc(C(=O)NCc3nc4c(s3)CCCC4)cc12. The first kappa shape index (κ1) is 14.3. The first-order valence-electron chi connectivity index (χ1n) is 7.77. The molecule has 0 saturated heterocycles. The molecule has 3 aromatic rings. The number of hydrogen-bond acceptors (Lipinski definition) is 5. The molecule has 4 rings (SSSR count). The number of thiazole rings is 1. The standard InChI is InChI=1S/C16H17N5OS/c1-9-11-6-10(7-17-15(11)21-20-9)16(22)18-8-14-19-12-4-2-3-5-13(12)23-14/h6-7H,2-5,8H2,1H3,(H,18,22)(H,17,20,21). The van der Waals surface area contributed by atoms with E-state index in [1.54, 1.807) is 17.5 Å². The summed E-state index contributed by atoms with van der Waals surface area (Å²) in [4.78, 5) is 22.6. The molecule has 0 unspecified atom stereocenters. The van der Waals surface area contributed by atoms with E-state index in [0.717, 1.165) is 28.9 Å². The molecule has 1 aliphatic rings. The number of carbonyl (C=O) groups excluding carboxylic acids is 1. The molecule has 0 radical (unpaired) electrons. The number of rotatable bonds is 3. The number of hydrogen-bond donors (Lipinski definition) is 2. The third-order valence-corrected chi connectivity index (χ3v) is 5.31. The molecule has 0 atom stereocenters. The maximum Gasteiger partial charge on any atom is 0.253 e. The van der Waals surface area contributed by atoms with Gasteiger partial charge >= 0.3 is 0 Å². The van der Waals surface area contributed by atoms with Gasteiger partial charge in [0.1, 0.15) is 5.01 Å². The van der Waals surface area contributed by atoms with Crippen molar-refractivity contribution in [3.8, 4) is 0 Å². The van der Waals surface area contributed by atoms with E-state index < -0.39 is 0 Å². The van der Waals surface area contributed by atoms with Gasteiger partial charge in [0, 0.05) is 22.2 Å². The molecule has 7 heteroatoms. The molecule has 0 bridgehead atoms. The molecule has 2 N–H and O–H groups in total. The van der Waals surface area contributed by atoms with Crippen molar-refractivity contribution in [2.24, 2.45) is 0 Å². The van der Waals surface area contributed by atoms with E-state index in [1.165, 1.54) is 23.4 Å². The molecular formula is C16H17N5OS. The van der Waals surface area contributed by atoms with Crippen molar-refractivity contribution in [2.75, 3.05) is 0 Å². The highest BCUT2D eigenvalue weighted by molar-refractivity contribution is 7.11. The summed E-state index contributed by atoms with van der Waals surface area (Å²) < 4.78 is 0. The Morgan fingerprint density at radius 3 is 3.13 bits per heavy atom. The number of aromatic amines is 1. The van der Waals surface area contributed by atoms with Gasteiger partial charge < -0.3 is 5.32 Å². The molecular weight excluding hydrogens is 310 g/mol. The van der Waals surface area contributed by atoms with Crippen LogP contribution in [-0.4, -0.2) is 26.1 Å². The molecule has 1 amide bonds. The molecule has 0 aliphatic heterocycles. The Morgan fingerprint density at radius 1 is 1.39 bits per heavy atom. The number of aryl methyl sites for hydroxylation is 3. The fourth-order valence-corrected chi connectivity index (χ4v) is 3.98. The Bertz CT molecular complexity index is 858. The van der Waals surface area contributed by atoms with Gasteiger partial charge in [0.05, 0.1) is 17.8 Å². The van der Waals surface area contributed by atoms with Crippen LogP contribution in [0.4, 0.5) is 0 Å². The number of fused-ring (bicyclic) bond motifs is 2. The second kappa shape index (κ2) is 5.73. The topological polar surface area (TPSA) is 83.6 Å². The van der Waals surface area contributed by atoms with E-state index in [1.807, 2.05) is 13.0 Å². The third-order valence-electron chi connectivity index (χ3n) is 4.15. The van der Waals surface area contributed by atoms with Crippen LogP contribution in [0.3, 0.4) is 0 Å².